The van der Waals surface area contributed by atoms with Crippen molar-refractivity contribution in [2.75, 3.05) is 18.5 Å². The highest BCUT2D eigenvalue weighted by Crippen LogP contribution is 2.22. The van der Waals surface area contributed by atoms with Gasteiger partial charge in [-0.15, -0.1) is 0 Å². The minimum absolute atomic E-state index is 0.149. The van der Waals surface area contributed by atoms with Crippen molar-refractivity contribution in [1.82, 2.24) is 10.3 Å². The number of rotatable bonds is 6. The molecule has 0 aliphatic heterocycles. The Labute approximate surface area is 105 Å². The summed E-state index contributed by atoms with van der Waals surface area (Å²) < 4.78 is 0. The molecule has 0 fully saturated rings. The van der Waals surface area contributed by atoms with Crippen LogP contribution in [0.1, 0.15) is 39.7 Å². The Hall–Kier alpha value is -1.09. The van der Waals surface area contributed by atoms with Crippen LogP contribution in [-0.2, 0) is 6.54 Å². The van der Waals surface area contributed by atoms with Gasteiger partial charge in [0.05, 0.1) is 0 Å². The normalized spacial score (nSPS) is 11.6. The van der Waals surface area contributed by atoms with Crippen molar-refractivity contribution < 1.29 is 0 Å². The molecule has 0 aromatic carbocycles. The van der Waals surface area contributed by atoms with E-state index in [1.54, 1.807) is 0 Å². The Morgan fingerprint density at radius 1 is 1.29 bits per heavy atom. The van der Waals surface area contributed by atoms with Crippen molar-refractivity contribution in [2.24, 2.45) is 0 Å². The maximum absolute atomic E-state index is 4.53. The first-order valence-corrected chi connectivity index (χ1v) is 6.40. The molecule has 3 heteroatoms. The van der Waals surface area contributed by atoms with E-state index < -0.39 is 0 Å². The molecule has 1 aromatic heterocycles. The maximum atomic E-state index is 4.53. The molecule has 1 heterocycles. The summed E-state index contributed by atoms with van der Waals surface area (Å²) in [4.78, 5) is 6.77. The van der Waals surface area contributed by atoms with E-state index in [-0.39, 0.29) is 5.54 Å². The lowest BCUT2D eigenvalue weighted by molar-refractivity contribution is 0.467. The van der Waals surface area contributed by atoms with Gasteiger partial charge in [-0.2, -0.15) is 0 Å². The highest BCUT2D eigenvalue weighted by atomic mass is 15.2. The third kappa shape index (κ3) is 3.70. The van der Waals surface area contributed by atoms with Crippen LogP contribution in [0.2, 0.25) is 0 Å². The molecule has 0 radical (unpaired) electrons. The van der Waals surface area contributed by atoms with Gasteiger partial charge in [0.1, 0.15) is 5.82 Å². The van der Waals surface area contributed by atoms with E-state index in [9.17, 15) is 0 Å². The van der Waals surface area contributed by atoms with Crippen molar-refractivity contribution in [2.45, 2.75) is 46.2 Å². The number of aromatic nitrogens is 1. The van der Waals surface area contributed by atoms with Crippen molar-refractivity contribution >= 4 is 5.82 Å². The average Bonchev–Trinajstić information content (AvgIpc) is 2.36. The van der Waals surface area contributed by atoms with Gasteiger partial charge in [-0.05, 0) is 38.4 Å². The molecule has 0 amide bonds. The summed E-state index contributed by atoms with van der Waals surface area (Å²) in [6, 6.07) is 4.25. The quantitative estimate of drug-likeness (QED) is 0.822. The number of hydrogen-bond acceptors (Lipinski definition) is 3. The fourth-order valence-corrected chi connectivity index (χ4v) is 1.54. The van der Waals surface area contributed by atoms with Crippen molar-refractivity contribution in [3.05, 3.63) is 23.9 Å². The van der Waals surface area contributed by atoms with Gasteiger partial charge in [-0.1, -0.05) is 19.9 Å². The van der Waals surface area contributed by atoms with Gasteiger partial charge in [0.15, 0.2) is 0 Å². The molecule has 0 bridgehead atoms. The van der Waals surface area contributed by atoms with Crippen LogP contribution in [0, 0.1) is 0 Å². The minimum Gasteiger partial charge on any atom is -0.355 e. The number of nitrogens with one attached hydrogen (secondary N) is 1. The predicted molar refractivity (Wildman–Crippen MR) is 74.4 cm³/mol. The zero-order valence-electron chi connectivity index (χ0n) is 11.7. The Bertz CT molecular complexity index is 330. The van der Waals surface area contributed by atoms with Crippen molar-refractivity contribution in [3.63, 3.8) is 0 Å². The maximum Gasteiger partial charge on any atom is 0.128 e. The number of anilines is 1. The summed E-state index contributed by atoms with van der Waals surface area (Å²) in [6.07, 6.45) is 3.06. The molecule has 0 aliphatic rings. The summed E-state index contributed by atoms with van der Waals surface area (Å²) >= 11 is 0. The van der Waals surface area contributed by atoms with E-state index in [0.29, 0.717) is 0 Å². The molecule has 1 aromatic rings. The van der Waals surface area contributed by atoms with E-state index in [4.69, 9.17) is 0 Å². The number of nitrogens with zero attached hydrogens (tertiary/aromatic N) is 2. The van der Waals surface area contributed by atoms with E-state index in [1.165, 1.54) is 5.56 Å². The van der Waals surface area contributed by atoms with E-state index in [1.807, 2.05) is 6.20 Å². The lowest BCUT2D eigenvalue weighted by atomic mass is 10.00. The molecule has 0 unspecified atom stereocenters. The summed E-state index contributed by atoms with van der Waals surface area (Å²) in [5.41, 5.74) is 1.38. The SMILES string of the molecule is CCNCc1ccc(N(C)C(C)(C)CC)nc1. The van der Waals surface area contributed by atoms with Crippen LogP contribution >= 0.6 is 0 Å². The Morgan fingerprint density at radius 2 is 2.00 bits per heavy atom. The standard InChI is InChI=1S/C14H25N3/c1-6-14(3,4)17(5)13-9-8-12(11-16-13)10-15-7-2/h8-9,11,15H,6-7,10H2,1-5H3. The highest BCUT2D eigenvalue weighted by molar-refractivity contribution is 5.41. The summed E-state index contributed by atoms with van der Waals surface area (Å²) in [5.74, 6) is 1.04. The van der Waals surface area contributed by atoms with Gasteiger partial charge in [0.25, 0.3) is 0 Å². The van der Waals surface area contributed by atoms with Crippen LogP contribution in [-0.4, -0.2) is 24.1 Å². The molecular formula is C14H25N3. The minimum atomic E-state index is 0.149. The van der Waals surface area contributed by atoms with E-state index >= 15 is 0 Å². The second kappa shape index (κ2) is 6.01. The molecule has 0 saturated heterocycles. The molecule has 0 spiro atoms. The Morgan fingerprint density at radius 3 is 2.47 bits per heavy atom. The third-order valence-corrected chi connectivity index (χ3v) is 3.51. The van der Waals surface area contributed by atoms with Crippen LogP contribution in [0.5, 0.6) is 0 Å². The van der Waals surface area contributed by atoms with E-state index in [2.05, 4.69) is 62.1 Å². The van der Waals surface area contributed by atoms with Gasteiger partial charge < -0.3 is 10.2 Å². The molecular weight excluding hydrogens is 210 g/mol. The summed E-state index contributed by atoms with van der Waals surface area (Å²) in [6.45, 7) is 10.7. The van der Waals surface area contributed by atoms with Gasteiger partial charge in [0, 0.05) is 25.3 Å². The first-order chi connectivity index (χ1) is 8.01. The third-order valence-electron chi connectivity index (χ3n) is 3.51. The van der Waals surface area contributed by atoms with Crippen molar-refractivity contribution in [1.29, 1.82) is 0 Å². The number of hydrogen-bond donors (Lipinski definition) is 1. The van der Waals surface area contributed by atoms with Crippen LogP contribution in [0.4, 0.5) is 5.82 Å². The smallest absolute Gasteiger partial charge is 0.128 e. The van der Waals surface area contributed by atoms with Crippen LogP contribution in [0.25, 0.3) is 0 Å². The zero-order valence-corrected chi connectivity index (χ0v) is 11.7. The monoisotopic (exact) mass is 235 g/mol. The molecule has 0 saturated carbocycles. The highest BCUT2D eigenvalue weighted by Gasteiger charge is 2.21. The lowest BCUT2D eigenvalue weighted by Gasteiger charge is -2.35. The molecule has 17 heavy (non-hydrogen) atoms. The van der Waals surface area contributed by atoms with Gasteiger partial charge in [-0.25, -0.2) is 4.98 Å². The van der Waals surface area contributed by atoms with Crippen LogP contribution < -0.4 is 10.2 Å². The topological polar surface area (TPSA) is 28.2 Å². The Kier molecular flexibility index (Phi) is 4.94. The van der Waals surface area contributed by atoms with Crippen LogP contribution in [0.3, 0.4) is 0 Å². The molecule has 96 valence electrons. The fraction of sp³-hybridized carbons (Fsp3) is 0.643. The van der Waals surface area contributed by atoms with Gasteiger partial charge in [-0.3, -0.25) is 0 Å². The predicted octanol–water partition coefficient (Wildman–Crippen LogP) is 2.82. The average molecular weight is 235 g/mol. The van der Waals surface area contributed by atoms with Crippen LogP contribution in [0.15, 0.2) is 18.3 Å². The van der Waals surface area contributed by atoms with Gasteiger partial charge in [0.2, 0.25) is 0 Å². The second-order valence-electron chi connectivity index (χ2n) is 5.03. The van der Waals surface area contributed by atoms with E-state index in [0.717, 1.165) is 25.3 Å². The Balaban J connectivity index is 2.73. The molecule has 0 aliphatic carbocycles. The number of pyridine rings is 1. The zero-order chi connectivity index (χ0) is 12.9. The van der Waals surface area contributed by atoms with Gasteiger partial charge >= 0.3 is 0 Å². The molecule has 1 N–H and O–H groups in total. The summed E-state index contributed by atoms with van der Waals surface area (Å²) in [5, 5.41) is 3.30. The largest absolute Gasteiger partial charge is 0.355 e. The lowest BCUT2D eigenvalue weighted by Crippen LogP contribution is -2.41. The molecule has 3 nitrogen and oxygen atoms in total. The molecule has 1 rings (SSSR count). The second-order valence-corrected chi connectivity index (χ2v) is 5.03. The summed E-state index contributed by atoms with van der Waals surface area (Å²) in [7, 11) is 2.11. The first-order valence-electron chi connectivity index (χ1n) is 6.40. The first kappa shape index (κ1) is 14.0. The molecule has 0 atom stereocenters. The fourth-order valence-electron chi connectivity index (χ4n) is 1.54. The van der Waals surface area contributed by atoms with Crippen molar-refractivity contribution in [3.8, 4) is 0 Å².